The van der Waals surface area contributed by atoms with Crippen molar-refractivity contribution >= 4 is 11.4 Å². The number of methoxy groups -OCH3 is 1. The first kappa shape index (κ1) is 23.5. The summed E-state index contributed by atoms with van der Waals surface area (Å²) >= 11 is 0. The molecule has 1 aromatic heterocycles. The fraction of sp³-hybridized carbons (Fsp3) is 0.414. The summed E-state index contributed by atoms with van der Waals surface area (Å²) in [6.45, 7) is 13.9. The number of rotatable bonds is 4. The van der Waals surface area contributed by atoms with E-state index in [1.807, 2.05) is 44.2 Å². The van der Waals surface area contributed by atoms with Gasteiger partial charge >= 0.3 is 0 Å². The Morgan fingerprint density at radius 1 is 0.886 bits per heavy atom. The lowest BCUT2D eigenvalue weighted by atomic mass is 9.76. The van der Waals surface area contributed by atoms with Crippen LogP contribution in [0.2, 0.25) is 0 Å². The zero-order valence-electron chi connectivity index (χ0n) is 21.6. The van der Waals surface area contributed by atoms with E-state index in [0.717, 1.165) is 54.4 Å². The van der Waals surface area contributed by atoms with Gasteiger partial charge in [-0.05, 0) is 87.7 Å². The second-order valence-corrected chi connectivity index (χ2v) is 10.1. The zero-order chi connectivity index (χ0) is 25.0. The van der Waals surface area contributed by atoms with Crippen molar-refractivity contribution in [3.05, 3.63) is 76.6 Å². The topological polar surface area (TPSA) is 58.1 Å². The van der Waals surface area contributed by atoms with E-state index in [2.05, 4.69) is 47.7 Å². The molecule has 1 unspecified atom stereocenters. The summed E-state index contributed by atoms with van der Waals surface area (Å²) in [4.78, 5) is 9.43. The largest absolute Gasteiger partial charge is 0.497 e. The number of aliphatic hydroxyl groups is 1. The molecule has 0 amide bonds. The third-order valence-electron chi connectivity index (χ3n) is 7.87. The number of ether oxygens (including phenoxy) is 2. The van der Waals surface area contributed by atoms with Gasteiger partial charge in [-0.15, -0.1) is 0 Å². The van der Waals surface area contributed by atoms with Gasteiger partial charge in [-0.1, -0.05) is 6.07 Å². The van der Waals surface area contributed by atoms with E-state index in [1.54, 1.807) is 13.3 Å². The van der Waals surface area contributed by atoms with Gasteiger partial charge in [0.2, 0.25) is 0 Å². The molecular weight excluding hydrogens is 438 g/mol. The van der Waals surface area contributed by atoms with Crippen LogP contribution in [0.15, 0.2) is 48.7 Å². The summed E-state index contributed by atoms with van der Waals surface area (Å²) < 4.78 is 11.8. The Morgan fingerprint density at radius 3 is 2.14 bits per heavy atom. The number of piperazine rings is 1. The van der Waals surface area contributed by atoms with E-state index in [1.165, 1.54) is 16.9 Å². The van der Waals surface area contributed by atoms with Crippen LogP contribution in [0.3, 0.4) is 0 Å². The van der Waals surface area contributed by atoms with Crippen LogP contribution in [0.5, 0.6) is 11.5 Å². The second kappa shape index (κ2) is 8.45. The fourth-order valence-electron chi connectivity index (χ4n) is 5.77. The van der Waals surface area contributed by atoms with E-state index in [0.29, 0.717) is 5.69 Å². The highest BCUT2D eigenvalue weighted by atomic mass is 16.5. The predicted molar refractivity (Wildman–Crippen MR) is 140 cm³/mol. The Morgan fingerprint density at radius 2 is 1.54 bits per heavy atom. The minimum absolute atomic E-state index is 0.616. The number of aromatic nitrogens is 1. The number of hydrogen-bond acceptors (Lipinski definition) is 6. The lowest BCUT2D eigenvalue weighted by molar-refractivity contribution is -0.0672. The third kappa shape index (κ3) is 3.54. The minimum Gasteiger partial charge on any atom is -0.497 e. The molecule has 3 heterocycles. The van der Waals surface area contributed by atoms with Gasteiger partial charge in [0, 0.05) is 49.3 Å². The average molecular weight is 474 g/mol. The molecule has 6 nitrogen and oxygen atoms in total. The molecule has 1 fully saturated rings. The Hall–Kier alpha value is -3.25. The monoisotopic (exact) mass is 473 g/mol. The third-order valence-corrected chi connectivity index (χ3v) is 7.87. The van der Waals surface area contributed by atoms with Crippen LogP contribution in [-0.2, 0) is 5.60 Å². The molecule has 0 spiro atoms. The van der Waals surface area contributed by atoms with Gasteiger partial charge in [-0.3, -0.25) is 4.98 Å². The number of pyridine rings is 1. The molecule has 0 bridgehead atoms. The van der Waals surface area contributed by atoms with Crippen LogP contribution >= 0.6 is 0 Å². The van der Waals surface area contributed by atoms with E-state index in [9.17, 15) is 5.11 Å². The molecule has 0 saturated carbocycles. The molecule has 1 saturated heterocycles. The van der Waals surface area contributed by atoms with Crippen molar-refractivity contribution in [2.45, 2.75) is 45.8 Å². The first-order chi connectivity index (χ1) is 16.7. The predicted octanol–water partition coefficient (Wildman–Crippen LogP) is 4.75. The molecule has 3 aromatic rings. The van der Waals surface area contributed by atoms with Gasteiger partial charge in [0.05, 0.1) is 12.8 Å². The molecule has 0 radical (unpaired) electrons. The van der Waals surface area contributed by atoms with Crippen molar-refractivity contribution in [2.24, 2.45) is 0 Å². The molecular formula is C29H35N3O3. The van der Waals surface area contributed by atoms with Crippen LogP contribution < -0.4 is 19.3 Å². The van der Waals surface area contributed by atoms with Crippen molar-refractivity contribution in [1.29, 1.82) is 0 Å². The Balaban J connectivity index is 1.52. The van der Waals surface area contributed by atoms with Crippen molar-refractivity contribution in [2.75, 3.05) is 43.1 Å². The van der Waals surface area contributed by atoms with Gasteiger partial charge in [-0.2, -0.15) is 0 Å². The Kier molecular flexibility index (Phi) is 5.67. The highest BCUT2D eigenvalue weighted by molar-refractivity contribution is 5.73. The number of benzene rings is 2. The quantitative estimate of drug-likeness (QED) is 0.590. The maximum atomic E-state index is 12.3. The maximum Gasteiger partial charge on any atom is 0.174 e. The summed E-state index contributed by atoms with van der Waals surface area (Å²) in [5.41, 5.74) is 5.04. The average Bonchev–Trinajstić information content (AvgIpc) is 3.10. The molecule has 5 rings (SSSR count). The zero-order valence-corrected chi connectivity index (χ0v) is 21.6. The molecule has 1 atom stereocenters. The summed E-state index contributed by atoms with van der Waals surface area (Å²) in [5.74, 6) is 1.66. The standard InChI is InChI=1S/C29H35N3O3/c1-19-20(2)27-25(29(33,28(4,5)35-27)24-9-7-8-14-30-24)21(3)26(19)32-17-15-31(16-18-32)22-10-12-23(34-6)13-11-22/h7-14,33H,15-18H2,1-6H3. The molecule has 35 heavy (non-hydrogen) atoms. The van der Waals surface area contributed by atoms with Gasteiger partial charge in [0.1, 0.15) is 17.1 Å². The van der Waals surface area contributed by atoms with E-state index < -0.39 is 11.2 Å². The summed E-state index contributed by atoms with van der Waals surface area (Å²) in [6.07, 6.45) is 1.73. The van der Waals surface area contributed by atoms with Crippen molar-refractivity contribution in [1.82, 2.24) is 4.98 Å². The van der Waals surface area contributed by atoms with Crippen LogP contribution in [-0.4, -0.2) is 49.0 Å². The molecule has 184 valence electrons. The lowest BCUT2D eigenvalue weighted by Gasteiger charge is -2.40. The van der Waals surface area contributed by atoms with E-state index in [-0.39, 0.29) is 0 Å². The minimum atomic E-state index is -1.34. The second-order valence-electron chi connectivity index (χ2n) is 10.1. The van der Waals surface area contributed by atoms with Crippen molar-refractivity contribution < 1.29 is 14.6 Å². The highest BCUT2D eigenvalue weighted by Gasteiger charge is 2.58. The summed E-state index contributed by atoms with van der Waals surface area (Å²) in [6, 6.07) is 14.0. The lowest BCUT2D eigenvalue weighted by Crippen LogP contribution is -2.49. The van der Waals surface area contributed by atoms with Gasteiger partial charge in [0.25, 0.3) is 0 Å². The maximum absolute atomic E-state index is 12.3. The molecule has 2 aliphatic heterocycles. The summed E-state index contributed by atoms with van der Waals surface area (Å²) in [7, 11) is 1.69. The highest BCUT2D eigenvalue weighted by Crippen LogP contribution is 2.56. The number of hydrogen-bond donors (Lipinski definition) is 1. The number of fused-ring (bicyclic) bond motifs is 1. The number of anilines is 2. The van der Waals surface area contributed by atoms with Gasteiger partial charge in [0.15, 0.2) is 5.60 Å². The Bertz CT molecular complexity index is 1230. The van der Waals surface area contributed by atoms with Crippen LogP contribution in [0, 0.1) is 20.8 Å². The van der Waals surface area contributed by atoms with Crippen LogP contribution in [0.1, 0.15) is 41.8 Å². The fourth-order valence-corrected chi connectivity index (χ4v) is 5.77. The molecule has 2 aliphatic rings. The van der Waals surface area contributed by atoms with E-state index in [4.69, 9.17) is 9.47 Å². The van der Waals surface area contributed by atoms with Gasteiger partial charge < -0.3 is 24.4 Å². The smallest absolute Gasteiger partial charge is 0.174 e. The summed E-state index contributed by atoms with van der Waals surface area (Å²) in [5, 5.41) is 12.3. The first-order valence-corrected chi connectivity index (χ1v) is 12.3. The normalized spacial score (nSPS) is 21.0. The Labute approximate surface area is 208 Å². The molecule has 0 aliphatic carbocycles. The van der Waals surface area contributed by atoms with Crippen LogP contribution in [0.25, 0.3) is 0 Å². The van der Waals surface area contributed by atoms with Crippen LogP contribution in [0.4, 0.5) is 11.4 Å². The van der Waals surface area contributed by atoms with Crippen molar-refractivity contribution in [3.8, 4) is 11.5 Å². The SMILES string of the molecule is COc1ccc(N2CCN(c3c(C)c(C)c4c(c3C)C(O)(c3ccccn3)C(C)(C)O4)CC2)cc1. The molecule has 6 heteroatoms. The molecule has 1 N–H and O–H groups in total. The number of nitrogens with zero attached hydrogens (tertiary/aromatic N) is 3. The van der Waals surface area contributed by atoms with Crippen molar-refractivity contribution in [3.63, 3.8) is 0 Å². The first-order valence-electron chi connectivity index (χ1n) is 12.3. The van der Waals surface area contributed by atoms with E-state index >= 15 is 0 Å². The van der Waals surface area contributed by atoms with Gasteiger partial charge in [-0.25, -0.2) is 0 Å². The molecule has 2 aromatic carbocycles.